The van der Waals surface area contributed by atoms with E-state index >= 15 is 0 Å². The molecule has 0 aliphatic heterocycles. The third-order valence-corrected chi connectivity index (χ3v) is 4.59. The van der Waals surface area contributed by atoms with Gasteiger partial charge in [0.1, 0.15) is 0 Å². The molecular weight excluding hydrogens is 338 g/mol. The van der Waals surface area contributed by atoms with Crippen molar-refractivity contribution in [3.8, 4) is 0 Å². The molecule has 0 saturated carbocycles. The highest BCUT2D eigenvalue weighted by atomic mass is 32.3. The van der Waals surface area contributed by atoms with Crippen LogP contribution in [0.4, 0.5) is 0 Å². The van der Waals surface area contributed by atoms with Crippen molar-refractivity contribution in [2.24, 2.45) is 0 Å². The van der Waals surface area contributed by atoms with Crippen molar-refractivity contribution in [1.82, 2.24) is 6.15 Å². The molecule has 0 fully saturated rings. The van der Waals surface area contributed by atoms with Crippen LogP contribution in [0.25, 0.3) is 0 Å². The summed E-state index contributed by atoms with van der Waals surface area (Å²) >= 11 is 0. The maximum atomic E-state index is 10.2. The van der Waals surface area contributed by atoms with Crippen molar-refractivity contribution in [2.75, 3.05) is 6.61 Å². The maximum Gasteiger partial charge on any atom is 0.217 e. The summed E-state index contributed by atoms with van der Waals surface area (Å²) in [7, 11) is -4.50. The monoisotopic (exact) mass is 379 g/mol. The van der Waals surface area contributed by atoms with E-state index in [2.05, 4.69) is 23.3 Å². The van der Waals surface area contributed by atoms with Crippen LogP contribution in [0.3, 0.4) is 0 Å². The lowest BCUT2D eigenvalue weighted by Gasteiger charge is -2.06. The van der Waals surface area contributed by atoms with Crippen molar-refractivity contribution in [3.63, 3.8) is 0 Å². The number of hydrogen-bond acceptors (Lipinski definition) is 4. The number of allylic oxidation sites excluding steroid dienone is 2. The zero-order chi connectivity index (χ0) is 17.9. The second-order valence-electron chi connectivity index (χ2n) is 6.52. The van der Waals surface area contributed by atoms with Gasteiger partial charge in [-0.25, -0.2) is 8.42 Å². The molecule has 0 heterocycles. The standard InChI is InChI=1S/C19H38O4S.H3N/c1-2-3-4-5-6-7-8-9-10-11-12-13-14-15-16-17-18-19-23-24(20,21)22;/h9-10H,2-8,11-19H2,1H3,(H,20,21,22);1H3/b10-9-;. The first-order valence-corrected chi connectivity index (χ1v) is 11.1. The summed E-state index contributed by atoms with van der Waals surface area (Å²) in [6.07, 6.45) is 22.8. The van der Waals surface area contributed by atoms with E-state index < -0.39 is 10.4 Å². The first-order valence-electron chi connectivity index (χ1n) is 9.81. The molecule has 25 heavy (non-hydrogen) atoms. The van der Waals surface area contributed by atoms with Gasteiger partial charge in [0.2, 0.25) is 10.4 Å². The summed E-state index contributed by atoms with van der Waals surface area (Å²) in [6, 6.07) is 0. The van der Waals surface area contributed by atoms with Crippen LogP contribution < -0.4 is 6.15 Å². The van der Waals surface area contributed by atoms with E-state index in [9.17, 15) is 13.0 Å². The third kappa shape index (κ3) is 25.9. The molecule has 0 unspecified atom stereocenters. The van der Waals surface area contributed by atoms with Gasteiger partial charge in [-0.3, -0.25) is 4.18 Å². The number of hydrogen-bond donors (Lipinski definition) is 1. The summed E-state index contributed by atoms with van der Waals surface area (Å²) in [5, 5.41) is 0. The molecule has 5 nitrogen and oxygen atoms in total. The van der Waals surface area contributed by atoms with Gasteiger partial charge in [-0.15, -0.1) is 0 Å². The van der Waals surface area contributed by atoms with Crippen LogP contribution in [0.1, 0.15) is 103 Å². The molecule has 152 valence electrons. The minimum absolute atomic E-state index is 0. The topological polar surface area (TPSA) is 103 Å². The van der Waals surface area contributed by atoms with Crippen LogP contribution in [-0.2, 0) is 14.6 Å². The normalized spacial score (nSPS) is 11.8. The number of rotatable bonds is 18. The molecule has 0 atom stereocenters. The predicted octanol–water partition coefficient (Wildman–Crippen LogP) is 6.27. The fourth-order valence-corrected chi connectivity index (χ4v) is 3.01. The maximum absolute atomic E-state index is 10.2. The predicted molar refractivity (Wildman–Crippen MR) is 106 cm³/mol. The molecule has 0 bridgehead atoms. The Labute approximate surface area is 156 Å². The van der Waals surface area contributed by atoms with Gasteiger partial charge in [0.15, 0.2) is 0 Å². The second-order valence-corrected chi connectivity index (χ2v) is 7.57. The molecule has 0 aromatic carbocycles. The van der Waals surface area contributed by atoms with E-state index in [0.29, 0.717) is 6.42 Å². The van der Waals surface area contributed by atoms with Crippen molar-refractivity contribution >= 4 is 10.4 Å². The fourth-order valence-electron chi connectivity index (χ4n) is 2.69. The van der Waals surface area contributed by atoms with Crippen LogP contribution in [0.5, 0.6) is 0 Å². The van der Waals surface area contributed by atoms with Gasteiger partial charge in [-0.1, -0.05) is 83.3 Å². The van der Waals surface area contributed by atoms with E-state index in [-0.39, 0.29) is 12.8 Å². The molecule has 6 heteroatoms. The van der Waals surface area contributed by atoms with Crippen molar-refractivity contribution in [2.45, 2.75) is 103 Å². The largest absolute Gasteiger partial charge is 0.726 e. The summed E-state index contributed by atoms with van der Waals surface area (Å²) in [5.74, 6) is 0. The highest BCUT2D eigenvalue weighted by Crippen LogP contribution is 2.10. The molecule has 0 aliphatic rings. The van der Waals surface area contributed by atoms with Crippen molar-refractivity contribution in [3.05, 3.63) is 12.2 Å². The summed E-state index contributed by atoms with van der Waals surface area (Å²) in [4.78, 5) is 0. The molecule has 0 saturated heterocycles. The van der Waals surface area contributed by atoms with Gasteiger partial charge in [0, 0.05) is 0 Å². The van der Waals surface area contributed by atoms with Gasteiger partial charge in [0.05, 0.1) is 6.61 Å². The Balaban J connectivity index is 0. The number of unbranched alkanes of at least 4 members (excludes halogenated alkanes) is 13. The molecule has 0 aliphatic carbocycles. The fraction of sp³-hybridized carbons (Fsp3) is 0.895. The molecule has 0 aromatic heterocycles. The minimum Gasteiger partial charge on any atom is -0.726 e. The van der Waals surface area contributed by atoms with Crippen LogP contribution >= 0.6 is 0 Å². The van der Waals surface area contributed by atoms with E-state index in [1.807, 2.05) is 0 Å². The van der Waals surface area contributed by atoms with Gasteiger partial charge in [-0.05, 0) is 32.1 Å². The third-order valence-electron chi connectivity index (χ3n) is 4.13. The Morgan fingerprint density at radius 1 is 0.720 bits per heavy atom. The second kappa shape index (κ2) is 19.9. The Kier molecular flexibility index (Phi) is 21.3. The van der Waals surface area contributed by atoms with Gasteiger partial charge in [-0.2, -0.15) is 0 Å². The SMILES string of the molecule is CCCCCCCC/C=C\CCCCCCCCCOS(=O)(=O)[O-].[NH4+]. The molecule has 0 spiro atoms. The Hall–Kier alpha value is -0.430. The highest BCUT2D eigenvalue weighted by Gasteiger charge is 1.95. The zero-order valence-corrected chi connectivity index (χ0v) is 17.3. The van der Waals surface area contributed by atoms with Gasteiger partial charge in [0.25, 0.3) is 0 Å². The van der Waals surface area contributed by atoms with Crippen LogP contribution in [0, 0.1) is 0 Å². The summed E-state index contributed by atoms with van der Waals surface area (Å²) in [5.41, 5.74) is 0. The quantitative estimate of drug-likeness (QED) is 0.131. The average molecular weight is 380 g/mol. The highest BCUT2D eigenvalue weighted by molar-refractivity contribution is 7.80. The smallest absolute Gasteiger partial charge is 0.217 e. The van der Waals surface area contributed by atoms with Crippen LogP contribution in [-0.4, -0.2) is 19.6 Å². The van der Waals surface area contributed by atoms with Gasteiger partial charge < -0.3 is 10.7 Å². The lowest BCUT2D eigenvalue weighted by atomic mass is 10.1. The number of quaternary nitrogens is 1. The molecule has 0 amide bonds. The summed E-state index contributed by atoms with van der Waals surface area (Å²) < 4.78 is 34.8. The van der Waals surface area contributed by atoms with Gasteiger partial charge >= 0.3 is 0 Å². The van der Waals surface area contributed by atoms with E-state index in [1.54, 1.807) is 0 Å². The molecule has 0 rings (SSSR count). The van der Waals surface area contributed by atoms with E-state index in [0.717, 1.165) is 12.8 Å². The Morgan fingerprint density at radius 3 is 1.56 bits per heavy atom. The molecular formula is C19H41NO4S. The lowest BCUT2D eigenvalue weighted by molar-refractivity contribution is 0.255. The van der Waals surface area contributed by atoms with E-state index in [4.69, 9.17) is 0 Å². The first-order chi connectivity index (χ1) is 11.6. The van der Waals surface area contributed by atoms with Crippen LogP contribution in [0.2, 0.25) is 0 Å². The van der Waals surface area contributed by atoms with Crippen LogP contribution in [0.15, 0.2) is 12.2 Å². The van der Waals surface area contributed by atoms with E-state index in [1.165, 1.54) is 77.0 Å². The van der Waals surface area contributed by atoms with Crippen molar-refractivity contribution in [1.29, 1.82) is 0 Å². The molecule has 0 radical (unpaired) electrons. The van der Waals surface area contributed by atoms with Crippen molar-refractivity contribution < 1.29 is 17.2 Å². The first kappa shape index (κ1) is 26.8. The average Bonchev–Trinajstić information content (AvgIpc) is 2.52. The minimum atomic E-state index is -4.50. The summed E-state index contributed by atoms with van der Waals surface area (Å²) in [6.45, 7) is 2.28. The zero-order valence-electron chi connectivity index (χ0n) is 16.5. The lowest BCUT2D eigenvalue weighted by Crippen LogP contribution is -2.05. The molecule has 4 N–H and O–H groups in total. The Bertz CT molecular complexity index is 383. The molecule has 0 aromatic rings. The Morgan fingerprint density at radius 2 is 1.12 bits per heavy atom.